The highest BCUT2D eigenvalue weighted by molar-refractivity contribution is 5.64. The number of rotatable bonds is 3. The fraction of sp³-hybridized carbons (Fsp3) is 0.300. The highest BCUT2D eigenvalue weighted by Gasteiger charge is 2.21. The molecule has 0 saturated carbocycles. The third-order valence-electron chi connectivity index (χ3n) is 1.97. The normalized spacial score (nSPS) is 14.3. The van der Waals surface area contributed by atoms with E-state index in [-0.39, 0.29) is 5.56 Å². The summed E-state index contributed by atoms with van der Waals surface area (Å²) in [6.07, 6.45) is -3.11. The summed E-state index contributed by atoms with van der Waals surface area (Å²) in [4.78, 5) is 10.4. The molecule has 0 spiro atoms. The summed E-state index contributed by atoms with van der Waals surface area (Å²) < 4.78 is 17.7. The average Bonchev–Trinajstić information content (AvgIpc) is 2.16. The van der Waals surface area contributed by atoms with Crippen molar-refractivity contribution in [3.63, 3.8) is 0 Å². The average molecular weight is 213 g/mol. The first-order valence-electron chi connectivity index (χ1n) is 4.41. The Labute approximate surface area is 86.5 Å². The first-order chi connectivity index (χ1) is 7.02. The van der Waals surface area contributed by atoms with Gasteiger partial charge < -0.3 is 15.6 Å². The first kappa shape index (κ1) is 11.5. The molecule has 2 atom stereocenters. The third-order valence-corrected chi connectivity index (χ3v) is 1.97. The summed E-state index contributed by atoms with van der Waals surface area (Å²) in [5.41, 5.74) is 4.86. The van der Waals surface area contributed by atoms with Crippen LogP contribution < -0.4 is 5.73 Å². The molecule has 1 amide bonds. The Bertz CT molecular complexity index is 356. The molecule has 15 heavy (non-hydrogen) atoms. The van der Waals surface area contributed by atoms with E-state index in [1.54, 1.807) is 6.07 Å². The monoisotopic (exact) mass is 213 g/mol. The summed E-state index contributed by atoms with van der Waals surface area (Å²) in [5.74, 6) is -0.551. The van der Waals surface area contributed by atoms with Crippen LogP contribution in [0, 0.1) is 5.82 Å². The molecule has 0 radical (unpaired) electrons. The van der Waals surface area contributed by atoms with Gasteiger partial charge in [-0.15, -0.1) is 0 Å². The van der Waals surface area contributed by atoms with Crippen LogP contribution in [-0.4, -0.2) is 17.3 Å². The lowest BCUT2D eigenvalue weighted by molar-refractivity contribution is 0.0140. The summed E-state index contributed by atoms with van der Waals surface area (Å²) in [7, 11) is 0. The molecule has 0 unspecified atom stereocenters. The van der Waals surface area contributed by atoms with Crippen molar-refractivity contribution in [3.05, 3.63) is 35.6 Å². The Kier molecular flexibility index (Phi) is 3.62. The zero-order chi connectivity index (χ0) is 11.4. The maximum absolute atomic E-state index is 13.2. The van der Waals surface area contributed by atoms with Gasteiger partial charge in [0.2, 0.25) is 0 Å². The van der Waals surface area contributed by atoms with Crippen LogP contribution in [0.5, 0.6) is 0 Å². The molecular weight excluding hydrogens is 201 g/mol. The number of benzene rings is 1. The van der Waals surface area contributed by atoms with Crippen LogP contribution in [0.1, 0.15) is 18.6 Å². The standard InChI is InChI=1S/C10H12FNO3/c1-6(15-10(12)14)9(13)7-4-2-3-5-8(7)11/h2-6,9,13H,1H3,(H2,12,14)/t6-,9+/m0/s1. The highest BCUT2D eigenvalue weighted by atomic mass is 19.1. The number of carbonyl (C=O) groups excluding carboxylic acids is 1. The number of amides is 1. The van der Waals surface area contributed by atoms with Crippen LogP contribution in [0.3, 0.4) is 0 Å². The topological polar surface area (TPSA) is 72.5 Å². The van der Waals surface area contributed by atoms with Crippen molar-refractivity contribution in [1.82, 2.24) is 0 Å². The van der Waals surface area contributed by atoms with Gasteiger partial charge in [-0.1, -0.05) is 18.2 Å². The Morgan fingerprint density at radius 1 is 1.53 bits per heavy atom. The quantitative estimate of drug-likeness (QED) is 0.795. The Morgan fingerprint density at radius 2 is 2.13 bits per heavy atom. The molecule has 1 aromatic carbocycles. The van der Waals surface area contributed by atoms with E-state index in [1.807, 2.05) is 0 Å². The lowest BCUT2D eigenvalue weighted by atomic mass is 10.1. The second kappa shape index (κ2) is 4.75. The molecule has 0 fully saturated rings. The van der Waals surface area contributed by atoms with Crippen molar-refractivity contribution in [1.29, 1.82) is 0 Å². The van der Waals surface area contributed by atoms with Crippen molar-refractivity contribution in [2.75, 3.05) is 0 Å². The number of hydrogen-bond donors (Lipinski definition) is 2. The Hall–Kier alpha value is -1.62. The molecule has 0 heterocycles. The van der Waals surface area contributed by atoms with E-state index >= 15 is 0 Å². The number of aliphatic hydroxyl groups is 1. The molecule has 0 aliphatic heterocycles. The minimum Gasteiger partial charge on any atom is -0.444 e. The summed E-state index contributed by atoms with van der Waals surface area (Å²) in [6, 6.07) is 5.72. The smallest absolute Gasteiger partial charge is 0.404 e. The lowest BCUT2D eigenvalue weighted by Crippen LogP contribution is -2.26. The minimum absolute atomic E-state index is 0.0752. The number of primary amides is 1. The second-order valence-electron chi connectivity index (χ2n) is 3.11. The second-order valence-corrected chi connectivity index (χ2v) is 3.11. The molecule has 0 aliphatic rings. The highest BCUT2D eigenvalue weighted by Crippen LogP contribution is 2.21. The van der Waals surface area contributed by atoms with Crippen LogP contribution >= 0.6 is 0 Å². The largest absolute Gasteiger partial charge is 0.444 e. The lowest BCUT2D eigenvalue weighted by Gasteiger charge is -2.18. The third kappa shape index (κ3) is 2.92. The van der Waals surface area contributed by atoms with Crippen LogP contribution in [-0.2, 0) is 4.74 Å². The van der Waals surface area contributed by atoms with Gasteiger partial charge in [-0.3, -0.25) is 0 Å². The van der Waals surface area contributed by atoms with E-state index in [0.29, 0.717) is 0 Å². The van der Waals surface area contributed by atoms with E-state index in [4.69, 9.17) is 5.73 Å². The van der Waals surface area contributed by atoms with Gasteiger partial charge in [0, 0.05) is 5.56 Å². The van der Waals surface area contributed by atoms with E-state index in [1.165, 1.54) is 25.1 Å². The fourth-order valence-corrected chi connectivity index (χ4v) is 1.22. The number of aliphatic hydroxyl groups excluding tert-OH is 1. The van der Waals surface area contributed by atoms with E-state index in [9.17, 15) is 14.3 Å². The predicted octanol–water partition coefficient (Wildman–Crippen LogP) is 1.34. The van der Waals surface area contributed by atoms with Gasteiger partial charge in [-0.2, -0.15) is 0 Å². The number of halogens is 1. The molecular formula is C10H12FNO3. The summed E-state index contributed by atoms with van der Waals surface area (Å²) in [5, 5.41) is 9.65. The van der Waals surface area contributed by atoms with Crippen LogP contribution in [0.4, 0.5) is 9.18 Å². The number of hydrogen-bond acceptors (Lipinski definition) is 3. The molecule has 4 nitrogen and oxygen atoms in total. The Morgan fingerprint density at radius 3 is 2.67 bits per heavy atom. The van der Waals surface area contributed by atoms with Gasteiger partial charge >= 0.3 is 6.09 Å². The molecule has 1 rings (SSSR count). The molecule has 1 aromatic rings. The van der Waals surface area contributed by atoms with Gasteiger partial charge in [0.05, 0.1) is 0 Å². The first-order valence-corrected chi connectivity index (χ1v) is 4.41. The Balaban J connectivity index is 2.80. The van der Waals surface area contributed by atoms with Crippen LogP contribution in [0.2, 0.25) is 0 Å². The molecule has 0 aromatic heterocycles. The van der Waals surface area contributed by atoms with Gasteiger partial charge in [0.25, 0.3) is 0 Å². The van der Waals surface area contributed by atoms with Gasteiger partial charge in [-0.05, 0) is 13.0 Å². The van der Waals surface area contributed by atoms with Crippen molar-refractivity contribution < 1.29 is 19.0 Å². The van der Waals surface area contributed by atoms with Crippen molar-refractivity contribution in [3.8, 4) is 0 Å². The van der Waals surface area contributed by atoms with E-state index < -0.39 is 24.1 Å². The number of nitrogens with two attached hydrogens (primary N) is 1. The number of carbonyl (C=O) groups is 1. The maximum atomic E-state index is 13.2. The SMILES string of the molecule is C[C@H](OC(N)=O)[C@@H](O)c1ccccc1F. The van der Waals surface area contributed by atoms with Gasteiger partial charge in [0.15, 0.2) is 0 Å². The van der Waals surface area contributed by atoms with Crippen molar-refractivity contribution >= 4 is 6.09 Å². The molecule has 5 heteroatoms. The van der Waals surface area contributed by atoms with Gasteiger partial charge in [0.1, 0.15) is 18.0 Å². The molecule has 0 saturated heterocycles. The van der Waals surface area contributed by atoms with Crippen molar-refractivity contribution in [2.24, 2.45) is 5.73 Å². The zero-order valence-electron chi connectivity index (χ0n) is 8.18. The van der Waals surface area contributed by atoms with E-state index in [0.717, 1.165) is 0 Å². The molecule has 0 bridgehead atoms. The molecule has 3 N–H and O–H groups in total. The molecule has 82 valence electrons. The van der Waals surface area contributed by atoms with E-state index in [2.05, 4.69) is 4.74 Å². The van der Waals surface area contributed by atoms with Crippen molar-refractivity contribution in [2.45, 2.75) is 19.1 Å². The molecule has 0 aliphatic carbocycles. The number of ether oxygens (including phenoxy) is 1. The summed E-state index contributed by atoms with van der Waals surface area (Å²) in [6.45, 7) is 1.43. The minimum atomic E-state index is -1.22. The maximum Gasteiger partial charge on any atom is 0.404 e. The predicted molar refractivity (Wildman–Crippen MR) is 51.5 cm³/mol. The summed E-state index contributed by atoms with van der Waals surface area (Å²) >= 11 is 0. The van der Waals surface area contributed by atoms with Crippen LogP contribution in [0.15, 0.2) is 24.3 Å². The van der Waals surface area contributed by atoms with Crippen LogP contribution in [0.25, 0.3) is 0 Å². The van der Waals surface area contributed by atoms with Gasteiger partial charge in [-0.25, -0.2) is 9.18 Å². The zero-order valence-corrected chi connectivity index (χ0v) is 8.18. The fourth-order valence-electron chi connectivity index (χ4n) is 1.22.